The third-order valence-electron chi connectivity index (χ3n) is 4.49. The lowest BCUT2D eigenvalue weighted by Gasteiger charge is -2.25. The third-order valence-corrected chi connectivity index (χ3v) is 5.31. The molecular weight excluding hydrogens is 461 g/mol. The van der Waals surface area contributed by atoms with Crippen LogP contribution in [-0.2, 0) is 19.5 Å². The molecule has 1 N–H and O–H groups in total. The minimum atomic E-state index is 0. The van der Waals surface area contributed by atoms with Crippen molar-refractivity contribution in [1.29, 1.82) is 0 Å². The minimum absolute atomic E-state index is 0. The molecule has 2 aromatic heterocycles. The van der Waals surface area contributed by atoms with Crippen LogP contribution in [0.4, 0.5) is 0 Å². The molecule has 9 heteroatoms. The first kappa shape index (κ1) is 21.1. The SMILES string of the molecule is CCNC(=NCC1CCc2nnc(C)n2C1)N(C)Cc1csc(C)n1.I. The summed E-state index contributed by atoms with van der Waals surface area (Å²) in [4.78, 5) is 11.6. The molecule has 0 radical (unpaired) electrons. The summed E-state index contributed by atoms with van der Waals surface area (Å²) in [5, 5.41) is 15.0. The average molecular weight is 489 g/mol. The summed E-state index contributed by atoms with van der Waals surface area (Å²) in [5.41, 5.74) is 1.10. The Morgan fingerprint density at radius 3 is 2.92 bits per heavy atom. The quantitative estimate of drug-likeness (QED) is 0.397. The number of halogens is 1. The van der Waals surface area contributed by atoms with Crippen LogP contribution in [0.2, 0.25) is 0 Å². The summed E-state index contributed by atoms with van der Waals surface area (Å²) in [7, 11) is 2.07. The normalized spacial score (nSPS) is 16.8. The van der Waals surface area contributed by atoms with Gasteiger partial charge in [-0.25, -0.2) is 4.98 Å². The molecule has 1 atom stereocenters. The van der Waals surface area contributed by atoms with Crippen molar-refractivity contribution < 1.29 is 0 Å². The maximum Gasteiger partial charge on any atom is 0.194 e. The second-order valence-corrected chi connectivity index (χ2v) is 7.65. The molecule has 0 spiro atoms. The molecule has 0 saturated heterocycles. The van der Waals surface area contributed by atoms with Crippen LogP contribution < -0.4 is 5.32 Å². The molecule has 26 heavy (non-hydrogen) atoms. The summed E-state index contributed by atoms with van der Waals surface area (Å²) in [6, 6.07) is 0. The Labute approximate surface area is 176 Å². The summed E-state index contributed by atoms with van der Waals surface area (Å²) >= 11 is 1.69. The second-order valence-electron chi connectivity index (χ2n) is 6.59. The number of guanidine groups is 1. The van der Waals surface area contributed by atoms with E-state index in [-0.39, 0.29) is 24.0 Å². The third kappa shape index (κ3) is 5.15. The molecule has 1 aliphatic heterocycles. The van der Waals surface area contributed by atoms with Crippen LogP contribution in [0.5, 0.6) is 0 Å². The molecule has 0 fully saturated rings. The molecule has 0 saturated carbocycles. The van der Waals surface area contributed by atoms with E-state index in [4.69, 9.17) is 4.99 Å². The van der Waals surface area contributed by atoms with Crippen LogP contribution in [0, 0.1) is 19.8 Å². The van der Waals surface area contributed by atoms with Crippen molar-refractivity contribution >= 4 is 41.3 Å². The predicted molar refractivity (Wildman–Crippen MR) is 116 cm³/mol. The van der Waals surface area contributed by atoms with E-state index in [1.54, 1.807) is 11.3 Å². The number of hydrogen-bond acceptors (Lipinski definition) is 5. The van der Waals surface area contributed by atoms with E-state index in [1.165, 1.54) is 0 Å². The summed E-state index contributed by atoms with van der Waals surface area (Å²) in [6.45, 7) is 9.58. The van der Waals surface area contributed by atoms with E-state index in [9.17, 15) is 0 Å². The van der Waals surface area contributed by atoms with Gasteiger partial charge in [-0.1, -0.05) is 0 Å². The van der Waals surface area contributed by atoms with Crippen molar-refractivity contribution in [3.05, 3.63) is 27.7 Å². The zero-order chi connectivity index (χ0) is 17.8. The fourth-order valence-electron chi connectivity index (χ4n) is 3.16. The summed E-state index contributed by atoms with van der Waals surface area (Å²) in [6.07, 6.45) is 2.11. The Hall–Kier alpha value is -1.23. The van der Waals surface area contributed by atoms with Gasteiger partial charge in [0.1, 0.15) is 11.6 Å². The van der Waals surface area contributed by atoms with Crippen molar-refractivity contribution in [2.45, 2.75) is 46.7 Å². The number of nitrogens with one attached hydrogen (secondary N) is 1. The topological polar surface area (TPSA) is 71.2 Å². The van der Waals surface area contributed by atoms with Gasteiger partial charge in [-0.05, 0) is 33.1 Å². The van der Waals surface area contributed by atoms with Crippen LogP contribution in [0.1, 0.15) is 35.7 Å². The van der Waals surface area contributed by atoms with Gasteiger partial charge < -0.3 is 14.8 Å². The molecule has 0 aliphatic carbocycles. The molecule has 0 bridgehead atoms. The molecule has 3 heterocycles. The van der Waals surface area contributed by atoms with Gasteiger partial charge in [0.25, 0.3) is 0 Å². The maximum absolute atomic E-state index is 4.88. The lowest BCUT2D eigenvalue weighted by Crippen LogP contribution is -2.39. The zero-order valence-electron chi connectivity index (χ0n) is 15.9. The second kappa shape index (κ2) is 9.63. The fourth-order valence-corrected chi connectivity index (χ4v) is 3.77. The van der Waals surface area contributed by atoms with Crippen molar-refractivity contribution in [3.63, 3.8) is 0 Å². The number of rotatable bonds is 5. The zero-order valence-corrected chi connectivity index (χ0v) is 19.0. The van der Waals surface area contributed by atoms with Gasteiger partial charge in [0, 0.05) is 38.5 Å². The Morgan fingerprint density at radius 1 is 1.42 bits per heavy atom. The van der Waals surface area contributed by atoms with Gasteiger partial charge >= 0.3 is 0 Å². The van der Waals surface area contributed by atoms with E-state index >= 15 is 0 Å². The van der Waals surface area contributed by atoms with Gasteiger partial charge in [-0.15, -0.1) is 45.5 Å². The van der Waals surface area contributed by atoms with Gasteiger partial charge in [0.15, 0.2) is 5.96 Å². The summed E-state index contributed by atoms with van der Waals surface area (Å²) in [5.74, 6) is 3.59. The van der Waals surface area contributed by atoms with Crippen molar-refractivity contribution in [2.24, 2.45) is 10.9 Å². The van der Waals surface area contributed by atoms with Crippen LogP contribution in [-0.4, -0.2) is 50.7 Å². The number of nitrogens with zero attached hydrogens (tertiary/aromatic N) is 6. The molecule has 0 amide bonds. The van der Waals surface area contributed by atoms with E-state index < -0.39 is 0 Å². The highest BCUT2D eigenvalue weighted by molar-refractivity contribution is 14.0. The van der Waals surface area contributed by atoms with E-state index in [2.05, 4.69) is 49.3 Å². The number of aliphatic imine (C=N–C) groups is 1. The van der Waals surface area contributed by atoms with Gasteiger partial charge in [0.2, 0.25) is 0 Å². The van der Waals surface area contributed by atoms with Gasteiger partial charge in [-0.3, -0.25) is 4.99 Å². The first-order valence-electron chi connectivity index (χ1n) is 8.86. The molecule has 1 aliphatic rings. The van der Waals surface area contributed by atoms with Crippen LogP contribution in [0.3, 0.4) is 0 Å². The predicted octanol–water partition coefficient (Wildman–Crippen LogP) is 2.63. The molecule has 0 aromatic carbocycles. The van der Waals surface area contributed by atoms with Crippen molar-refractivity contribution in [3.8, 4) is 0 Å². The first-order valence-corrected chi connectivity index (χ1v) is 9.74. The molecule has 7 nitrogen and oxygen atoms in total. The largest absolute Gasteiger partial charge is 0.357 e. The number of aryl methyl sites for hydroxylation is 3. The Bertz CT molecular complexity index is 739. The number of fused-ring (bicyclic) bond motifs is 1. The molecule has 144 valence electrons. The molecule has 3 rings (SSSR count). The minimum Gasteiger partial charge on any atom is -0.357 e. The van der Waals surface area contributed by atoms with Crippen LogP contribution in [0.15, 0.2) is 10.4 Å². The molecule has 1 unspecified atom stereocenters. The highest BCUT2D eigenvalue weighted by atomic mass is 127. The van der Waals surface area contributed by atoms with Crippen LogP contribution in [0.25, 0.3) is 0 Å². The molecular formula is C17H28IN7S. The maximum atomic E-state index is 4.88. The van der Waals surface area contributed by atoms with Crippen LogP contribution >= 0.6 is 35.3 Å². The Morgan fingerprint density at radius 2 is 2.23 bits per heavy atom. The monoisotopic (exact) mass is 489 g/mol. The molecule has 2 aromatic rings. The lowest BCUT2D eigenvalue weighted by atomic mass is 9.99. The van der Waals surface area contributed by atoms with E-state index in [0.29, 0.717) is 5.92 Å². The number of aromatic nitrogens is 4. The van der Waals surface area contributed by atoms with E-state index in [0.717, 1.165) is 67.3 Å². The highest BCUT2D eigenvalue weighted by Gasteiger charge is 2.21. The van der Waals surface area contributed by atoms with Gasteiger partial charge in [-0.2, -0.15) is 0 Å². The Balaban J connectivity index is 0.00000243. The number of thiazole rings is 1. The number of hydrogen-bond donors (Lipinski definition) is 1. The smallest absolute Gasteiger partial charge is 0.194 e. The fraction of sp³-hybridized carbons (Fsp3) is 0.647. The van der Waals surface area contributed by atoms with Gasteiger partial charge in [0.05, 0.1) is 17.2 Å². The Kier molecular flexibility index (Phi) is 7.81. The van der Waals surface area contributed by atoms with Crippen molar-refractivity contribution in [1.82, 2.24) is 30.0 Å². The highest BCUT2D eigenvalue weighted by Crippen LogP contribution is 2.20. The average Bonchev–Trinajstić information content (AvgIpc) is 3.17. The van der Waals surface area contributed by atoms with Crippen molar-refractivity contribution in [2.75, 3.05) is 20.1 Å². The standard InChI is InChI=1S/C17H27N7S.HI/c1-5-18-17(23(4)10-15-11-25-13(3)20-15)19-8-14-6-7-16-22-21-12(2)24(16)9-14;/h11,14H,5-10H2,1-4H3,(H,18,19);1H. The lowest BCUT2D eigenvalue weighted by molar-refractivity contribution is 0.366. The van der Waals surface area contributed by atoms with E-state index in [1.807, 2.05) is 13.8 Å². The summed E-state index contributed by atoms with van der Waals surface area (Å²) < 4.78 is 2.23. The first-order chi connectivity index (χ1) is 12.1.